The van der Waals surface area contributed by atoms with Crippen molar-refractivity contribution in [3.63, 3.8) is 0 Å². The average Bonchev–Trinajstić information content (AvgIpc) is 2.74. The summed E-state index contributed by atoms with van der Waals surface area (Å²) < 4.78 is 0. The van der Waals surface area contributed by atoms with Gasteiger partial charge in [0.1, 0.15) is 0 Å². The SMILES string of the molecule is CSCCCCC(=O)NCC1CCCN1.Cl. The van der Waals surface area contributed by atoms with Gasteiger partial charge in [0.2, 0.25) is 5.91 Å². The van der Waals surface area contributed by atoms with Gasteiger partial charge in [0.15, 0.2) is 0 Å². The van der Waals surface area contributed by atoms with Gasteiger partial charge in [0.25, 0.3) is 0 Å². The Kier molecular flexibility index (Phi) is 10.3. The van der Waals surface area contributed by atoms with E-state index in [0.717, 1.165) is 31.7 Å². The minimum atomic E-state index is 0. The van der Waals surface area contributed by atoms with Gasteiger partial charge in [-0.15, -0.1) is 12.4 Å². The normalized spacial score (nSPS) is 19.2. The lowest BCUT2D eigenvalue weighted by molar-refractivity contribution is -0.121. The maximum atomic E-state index is 11.4. The van der Waals surface area contributed by atoms with Gasteiger partial charge in [-0.1, -0.05) is 0 Å². The van der Waals surface area contributed by atoms with Gasteiger partial charge in [0, 0.05) is 19.0 Å². The fraction of sp³-hybridized carbons (Fsp3) is 0.909. The van der Waals surface area contributed by atoms with E-state index in [2.05, 4.69) is 16.9 Å². The monoisotopic (exact) mass is 266 g/mol. The molecule has 5 heteroatoms. The number of halogens is 1. The van der Waals surface area contributed by atoms with Crippen LogP contribution in [0.1, 0.15) is 32.1 Å². The molecule has 2 N–H and O–H groups in total. The molecule has 1 fully saturated rings. The molecule has 1 unspecified atom stereocenters. The predicted molar refractivity (Wildman–Crippen MR) is 73.5 cm³/mol. The summed E-state index contributed by atoms with van der Waals surface area (Å²) in [5, 5.41) is 6.36. The van der Waals surface area contributed by atoms with Gasteiger partial charge in [-0.25, -0.2) is 0 Å². The first-order valence-electron chi connectivity index (χ1n) is 5.82. The Morgan fingerprint density at radius 1 is 1.50 bits per heavy atom. The molecule has 1 aliphatic heterocycles. The van der Waals surface area contributed by atoms with Gasteiger partial charge in [-0.3, -0.25) is 4.79 Å². The number of thioether (sulfide) groups is 1. The van der Waals surface area contributed by atoms with Crippen molar-refractivity contribution >= 4 is 30.1 Å². The van der Waals surface area contributed by atoms with Gasteiger partial charge in [-0.05, 0) is 44.2 Å². The molecule has 0 aromatic heterocycles. The van der Waals surface area contributed by atoms with Crippen LogP contribution in [0, 0.1) is 0 Å². The molecule has 1 rings (SSSR count). The maximum Gasteiger partial charge on any atom is 0.220 e. The molecule has 1 saturated heterocycles. The first-order chi connectivity index (χ1) is 7.33. The van der Waals surface area contributed by atoms with Gasteiger partial charge in [0.05, 0.1) is 0 Å². The van der Waals surface area contributed by atoms with E-state index in [1.807, 2.05) is 11.8 Å². The van der Waals surface area contributed by atoms with E-state index in [1.54, 1.807) is 0 Å². The van der Waals surface area contributed by atoms with Crippen molar-refractivity contribution in [2.24, 2.45) is 0 Å². The molecule has 0 bridgehead atoms. The summed E-state index contributed by atoms with van der Waals surface area (Å²) in [6.07, 6.45) is 7.40. The summed E-state index contributed by atoms with van der Waals surface area (Å²) in [6.45, 7) is 1.91. The summed E-state index contributed by atoms with van der Waals surface area (Å²) in [5.74, 6) is 1.38. The zero-order valence-electron chi connectivity index (χ0n) is 9.96. The summed E-state index contributed by atoms with van der Waals surface area (Å²) in [5.41, 5.74) is 0. The Hall–Kier alpha value is 0.0700. The van der Waals surface area contributed by atoms with Crippen LogP contribution in [0.5, 0.6) is 0 Å². The number of hydrogen-bond donors (Lipinski definition) is 2. The predicted octanol–water partition coefficient (Wildman–Crippen LogP) is 1.81. The molecular formula is C11H23ClN2OS. The maximum absolute atomic E-state index is 11.4. The summed E-state index contributed by atoms with van der Waals surface area (Å²) in [7, 11) is 0. The van der Waals surface area contributed by atoms with E-state index in [9.17, 15) is 4.79 Å². The summed E-state index contributed by atoms with van der Waals surface area (Å²) in [6, 6.07) is 0.514. The average molecular weight is 267 g/mol. The lowest BCUT2D eigenvalue weighted by Crippen LogP contribution is -2.37. The van der Waals surface area contributed by atoms with Gasteiger partial charge in [-0.2, -0.15) is 11.8 Å². The Bertz CT molecular complexity index is 187. The van der Waals surface area contributed by atoms with Crippen LogP contribution < -0.4 is 10.6 Å². The van der Waals surface area contributed by atoms with E-state index >= 15 is 0 Å². The number of hydrogen-bond acceptors (Lipinski definition) is 3. The largest absolute Gasteiger partial charge is 0.355 e. The van der Waals surface area contributed by atoms with Crippen LogP contribution in [0.15, 0.2) is 0 Å². The van der Waals surface area contributed by atoms with Crippen molar-refractivity contribution in [2.45, 2.75) is 38.1 Å². The van der Waals surface area contributed by atoms with E-state index < -0.39 is 0 Å². The van der Waals surface area contributed by atoms with Crippen LogP contribution in [0.2, 0.25) is 0 Å². The standard InChI is InChI=1S/C11H22N2OS.ClH/c1-15-8-3-2-6-11(14)13-9-10-5-4-7-12-10;/h10,12H,2-9H2,1H3,(H,13,14);1H. The molecule has 0 aromatic rings. The molecular weight excluding hydrogens is 244 g/mol. The third-order valence-electron chi connectivity index (χ3n) is 2.71. The fourth-order valence-corrected chi connectivity index (χ4v) is 2.28. The van der Waals surface area contributed by atoms with Gasteiger partial charge < -0.3 is 10.6 Å². The Balaban J connectivity index is 0.00000225. The Morgan fingerprint density at radius 2 is 2.31 bits per heavy atom. The van der Waals surface area contributed by atoms with Crippen LogP contribution in [0.3, 0.4) is 0 Å². The highest BCUT2D eigenvalue weighted by molar-refractivity contribution is 7.98. The molecule has 96 valence electrons. The van der Waals surface area contributed by atoms with Crippen molar-refractivity contribution in [1.82, 2.24) is 10.6 Å². The number of unbranched alkanes of at least 4 members (excludes halogenated alkanes) is 1. The van der Waals surface area contributed by atoms with Crippen LogP contribution in [0.25, 0.3) is 0 Å². The third-order valence-corrected chi connectivity index (χ3v) is 3.41. The third kappa shape index (κ3) is 7.36. The topological polar surface area (TPSA) is 41.1 Å². The van der Waals surface area contributed by atoms with E-state index in [0.29, 0.717) is 12.5 Å². The second-order valence-corrected chi connectivity index (χ2v) is 5.03. The lowest BCUT2D eigenvalue weighted by atomic mass is 10.2. The van der Waals surface area contributed by atoms with Crippen molar-refractivity contribution in [1.29, 1.82) is 0 Å². The highest BCUT2D eigenvalue weighted by Gasteiger charge is 2.14. The van der Waals surface area contributed by atoms with Crippen LogP contribution in [-0.2, 0) is 4.79 Å². The van der Waals surface area contributed by atoms with Crippen LogP contribution in [0.4, 0.5) is 0 Å². The molecule has 0 spiro atoms. The molecule has 1 amide bonds. The molecule has 1 aliphatic rings. The molecule has 1 heterocycles. The highest BCUT2D eigenvalue weighted by atomic mass is 35.5. The molecule has 0 aliphatic carbocycles. The lowest BCUT2D eigenvalue weighted by Gasteiger charge is -2.11. The number of carbonyl (C=O) groups excluding carboxylic acids is 1. The van der Waals surface area contributed by atoms with Crippen molar-refractivity contribution < 1.29 is 4.79 Å². The van der Waals surface area contributed by atoms with Crippen molar-refractivity contribution in [3.05, 3.63) is 0 Å². The molecule has 0 radical (unpaired) electrons. The molecule has 0 aromatic carbocycles. The minimum absolute atomic E-state index is 0. The molecule has 1 atom stereocenters. The fourth-order valence-electron chi connectivity index (χ4n) is 1.79. The Labute approximate surface area is 109 Å². The van der Waals surface area contributed by atoms with Crippen LogP contribution >= 0.6 is 24.2 Å². The number of nitrogens with one attached hydrogen (secondary N) is 2. The smallest absolute Gasteiger partial charge is 0.220 e. The number of carbonyl (C=O) groups is 1. The highest BCUT2D eigenvalue weighted by Crippen LogP contribution is 2.04. The van der Waals surface area contributed by atoms with E-state index in [-0.39, 0.29) is 18.3 Å². The minimum Gasteiger partial charge on any atom is -0.355 e. The molecule has 0 saturated carbocycles. The number of amides is 1. The molecule has 16 heavy (non-hydrogen) atoms. The van der Waals surface area contributed by atoms with Crippen molar-refractivity contribution in [2.75, 3.05) is 25.1 Å². The van der Waals surface area contributed by atoms with E-state index in [1.165, 1.54) is 12.8 Å². The number of rotatable bonds is 7. The Morgan fingerprint density at radius 3 is 2.94 bits per heavy atom. The van der Waals surface area contributed by atoms with Crippen molar-refractivity contribution in [3.8, 4) is 0 Å². The first kappa shape index (κ1) is 16.1. The molecule has 3 nitrogen and oxygen atoms in total. The summed E-state index contributed by atoms with van der Waals surface area (Å²) in [4.78, 5) is 11.4. The quantitative estimate of drug-likeness (QED) is 0.691. The first-order valence-corrected chi connectivity index (χ1v) is 7.21. The van der Waals surface area contributed by atoms with Gasteiger partial charge >= 0.3 is 0 Å². The zero-order valence-corrected chi connectivity index (χ0v) is 11.6. The summed E-state index contributed by atoms with van der Waals surface area (Å²) >= 11 is 1.85. The second kappa shape index (κ2) is 10.2. The van der Waals surface area contributed by atoms with Crippen LogP contribution in [-0.4, -0.2) is 37.0 Å². The second-order valence-electron chi connectivity index (χ2n) is 4.05. The zero-order chi connectivity index (χ0) is 10.9. The van der Waals surface area contributed by atoms with E-state index in [4.69, 9.17) is 0 Å².